The third-order valence-electron chi connectivity index (χ3n) is 3.74. The molecule has 4 nitrogen and oxygen atoms in total. The number of carbonyl (C=O) groups is 1. The number of carboxylic acid groups (broad SMARTS) is 1. The molecule has 0 bridgehead atoms. The fourth-order valence-corrected chi connectivity index (χ4v) is 2.36. The van der Waals surface area contributed by atoms with E-state index in [1.807, 2.05) is 20.8 Å². The normalized spacial score (nSPS) is 20.7. The van der Waals surface area contributed by atoms with Crippen molar-refractivity contribution in [2.45, 2.75) is 33.3 Å². The Labute approximate surface area is 112 Å². The molecule has 0 aliphatic carbocycles. The molecule has 0 radical (unpaired) electrons. The van der Waals surface area contributed by atoms with E-state index in [1.54, 1.807) is 26.2 Å². The lowest BCUT2D eigenvalue weighted by Crippen LogP contribution is -2.41. The number of hydrogen-bond donors (Lipinski definition) is 1. The second-order valence-electron chi connectivity index (χ2n) is 5.00. The Hall–Kier alpha value is -1.97. The zero-order chi connectivity index (χ0) is 14.4. The van der Waals surface area contributed by atoms with Crippen molar-refractivity contribution in [2.75, 3.05) is 7.11 Å². The highest BCUT2D eigenvalue weighted by Crippen LogP contribution is 2.42. The zero-order valence-corrected chi connectivity index (χ0v) is 11.8. The van der Waals surface area contributed by atoms with Crippen LogP contribution in [0.1, 0.15) is 29.2 Å². The SMILES string of the molecule is COc1c(C)c(C)c2c(c1C)C=C[C@](C)(C(=O)O)O2. The highest BCUT2D eigenvalue weighted by Gasteiger charge is 2.37. The molecule has 0 saturated carbocycles. The first kappa shape index (κ1) is 13.5. The molecule has 1 heterocycles. The molecular formula is C15H18O4. The van der Waals surface area contributed by atoms with Crippen LogP contribution < -0.4 is 9.47 Å². The molecule has 1 aliphatic rings. The predicted octanol–water partition coefficient (Wildman–Crippen LogP) is 2.87. The van der Waals surface area contributed by atoms with Crippen molar-refractivity contribution in [3.8, 4) is 11.5 Å². The predicted molar refractivity (Wildman–Crippen MR) is 72.9 cm³/mol. The lowest BCUT2D eigenvalue weighted by molar-refractivity contribution is -0.149. The highest BCUT2D eigenvalue weighted by molar-refractivity contribution is 5.85. The third-order valence-corrected chi connectivity index (χ3v) is 3.74. The summed E-state index contributed by atoms with van der Waals surface area (Å²) in [5, 5.41) is 9.25. The molecule has 0 saturated heterocycles. The molecule has 1 aromatic rings. The second-order valence-corrected chi connectivity index (χ2v) is 5.00. The Kier molecular flexibility index (Phi) is 3.04. The number of aliphatic carboxylic acids is 1. The number of ether oxygens (including phenoxy) is 2. The summed E-state index contributed by atoms with van der Waals surface area (Å²) in [6.45, 7) is 7.35. The quantitative estimate of drug-likeness (QED) is 0.890. The van der Waals surface area contributed by atoms with Gasteiger partial charge in [0.2, 0.25) is 5.60 Å². The summed E-state index contributed by atoms with van der Waals surface area (Å²) in [6, 6.07) is 0. The van der Waals surface area contributed by atoms with Gasteiger partial charge in [-0.25, -0.2) is 4.79 Å². The maximum absolute atomic E-state index is 11.3. The monoisotopic (exact) mass is 262 g/mol. The summed E-state index contributed by atoms with van der Waals surface area (Å²) in [7, 11) is 1.63. The average Bonchev–Trinajstić information content (AvgIpc) is 2.36. The van der Waals surface area contributed by atoms with E-state index in [-0.39, 0.29) is 0 Å². The van der Waals surface area contributed by atoms with Crippen LogP contribution in [0.15, 0.2) is 6.08 Å². The van der Waals surface area contributed by atoms with E-state index in [1.165, 1.54) is 0 Å². The van der Waals surface area contributed by atoms with Crippen molar-refractivity contribution in [1.82, 2.24) is 0 Å². The van der Waals surface area contributed by atoms with E-state index in [0.717, 1.165) is 28.0 Å². The second kappa shape index (κ2) is 4.30. The summed E-state index contributed by atoms with van der Waals surface area (Å²) in [4.78, 5) is 11.3. The molecule has 4 heteroatoms. The topological polar surface area (TPSA) is 55.8 Å². The van der Waals surface area contributed by atoms with Crippen molar-refractivity contribution < 1.29 is 19.4 Å². The van der Waals surface area contributed by atoms with E-state index in [9.17, 15) is 9.90 Å². The molecule has 0 unspecified atom stereocenters. The van der Waals surface area contributed by atoms with Crippen molar-refractivity contribution in [2.24, 2.45) is 0 Å². The molecule has 1 aromatic carbocycles. The van der Waals surface area contributed by atoms with Crippen LogP contribution in [0.3, 0.4) is 0 Å². The molecule has 0 spiro atoms. The highest BCUT2D eigenvalue weighted by atomic mass is 16.5. The van der Waals surface area contributed by atoms with E-state index >= 15 is 0 Å². The van der Waals surface area contributed by atoms with E-state index in [4.69, 9.17) is 9.47 Å². The lowest BCUT2D eigenvalue weighted by Gasteiger charge is -2.31. The van der Waals surface area contributed by atoms with Crippen LogP contribution in [-0.2, 0) is 4.79 Å². The van der Waals surface area contributed by atoms with Crippen LogP contribution in [0.5, 0.6) is 11.5 Å². The molecule has 2 rings (SSSR count). The first-order valence-corrected chi connectivity index (χ1v) is 6.11. The van der Waals surface area contributed by atoms with Gasteiger partial charge in [0.15, 0.2) is 0 Å². The standard InChI is InChI=1S/C15H18O4/c1-8-9(2)13-11(10(3)12(8)18-5)6-7-15(4,19-13)14(16)17/h6-7H,1-5H3,(H,16,17)/t15-/m1/s1. The fraction of sp³-hybridized carbons (Fsp3) is 0.400. The fourth-order valence-electron chi connectivity index (χ4n) is 2.36. The number of hydrogen-bond acceptors (Lipinski definition) is 3. The number of fused-ring (bicyclic) bond motifs is 1. The van der Waals surface area contributed by atoms with Crippen LogP contribution in [0, 0.1) is 20.8 Å². The van der Waals surface area contributed by atoms with Crippen molar-refractivity contribution >= 4 is 12.0 Å². The summed E-state index contributed by atoms with van der Waals surface area (Å²) >= 11 is 0. The van der Waals surface area contributed by atoms with Gasteiger partial charge in [-0.2, -0.15) is 0 Å². The first-order chi connectivity index (χ1) is 8.81. The Morgan fingerprint density at radius 2 is 1.89 bits per heavy atom. The van der Waals surface area contributed by atoms with E-state index in [0.29, 0.717) is 5.75 Å². The van der Waals surface area contributed by atoms with E-state index < -0.39 is 11.6 Å². The third kappa shape index (κ3) is 1.87. The minimum absolute atomic E-state index is 0.628. The molecule has 0 aromatic heterocycles. The maximum atomic E-state index is 11.3. The summed E-state index contributed by atoms with van der Waals surface area (Å²) < 4.78 is 11.1. The molecule has 1 atom stereocenters. The summed E-state index contributed by atoms with van der Waals surface area (Å²) in [5.74, 6) is 0.451. The van der Waals surface area contributed by atoms with Gasteiger partial charge in [-0.1, -0.05) is 6.08 Å². The zero-order valence-electron chi connectivity index (χ0n) is 11.8. The number of methoxy groups -OCH3 is 1. The largest absolute Gasteiger partial charge is 0.496 e. The number of carboxylic acids is 1. The van der Waals surface area contributed by atoms with Gasteiger partial charge < -0.3 is 14.6 Å². The molecule has 0 amide bonds. The Morgan fingerprint density at radius 1 is 1.26 bits per heavy atom. The smallest absolute Gasteiger partial charge is 0.351 e. The van der Waals surface area contributed by atoms with Crippen LogP contribution in [-0.4, -0.2) is 23.8 Å². The van der Waals surface area contributed by atoms with Crippen molar-refractivity contribution in [1.29, 1.82) is 0 Å². The van der Waals surface area contributed by atoms with Crippen LogP contribution in [0.2, 0.25) is 0 Å². The van der Waals surface area contributed by atoms with Crippen molar-refractivity contribution in [3.05, 3.63) is 28.3 Å². The van der Waals surface area contributed by atoms with Gasteiger partial charge in [-0.15, -0.1) is 0 Å². The minimum Gasteiger partial charge on any atom is -0.496 e. The van der Waals surface area contributed by atoms with Crippen LogP contribution in [0.4, 0.5) is 0 Å². The van der Waals surface area contributed by atoms with Gasteiger partial charge in [0.25, 0.3) is 0 Å². The van der Waals surface area contributed by atoms with Gasteiger partial charge in [-0.3, -0.25) is 0 Å². The van der Waals surface area contributed by atoms with Gasteiger partial charge in [0.05, 0.1) is 7.11 Å². The van der Waals surface area contributed by atoms with Gasteiger partial charge in [0.1, 0.15) is 11.5 Å². The van der Waals surface area contributed by atoms with E-state index in [2.05, 4.69) is 0 Å². The Morgan fingerprint density at radius 3 is 2.42 bits per heavy atom. The molecule has 102 valence electrons. The summed E-state index contributed by atoms with van der Waals surface area (Å²) in [5.41, 5.74) is 2.42. The van der Waals surface area contributed by atoms with Gasteiger partial charge in [0, 0.05) is 11.1 Å². The molecule has 19 heavy (non-hydrogen) atoms. The van der Waals surface area contributed by atoms with Crippen molar-refractivity contribution in [3.63, 3.8) is 0 Å². The lowest BCUT2D eigenvalue weighted by atomic mass is 9.92. The molecular weight excluding hydrogens is 244 g/mol. The van der Waals surface area contributed by atoms with Crippen LogP contribution in [0.25, 0.3) is 6.08 Å². The molecule has 0 fully saturated rings. The number of rotatable bonds is 2. The van der Waals surface area contributed by atoms with Gasteiger partial charge >= 0.3 is 5.97 Å². The number of benzene rings is 1. The molecule has 1 N–H and O–H groups in total. The Balaban J connectivity index is 2.68. The van der Waals surface area contributed by atoms with Crippen LogP contribution >= 0.6 is 0 Å². The average molecular weight is 262 g/mol. The minimum atomic E-state index is -1.31. The first-order valence-electron chi connectivity index (χ1n) is 6.11. The Bertz CT molecular complexity index is 587. The summed E-state index contributed by atoms with van der Waals surface area (Å²) in [6.07, 6.45) is 3.37. The molecule has 1 aliphatic heterocycles. The van der Waals surface area contributed by atoms with Gasteiger partial charge in [-0.05, 0) is 44.9 Å². The maximum Gasteiger partial charge on any atom is 0.351 e.